The van der Waals surface area contributed by atoms with E-state index in [0.29, 0.717) is 6.04 Å². The van der Waals surface area contributed by atoms with Gasteiger partial charge in [-0.15, -0.1) is 0 Å². The molecule has 4 heteroatoms. The molecule has 116 valence electrons. The number of nitrogens with one attached hydrogen (secondary N) is 1. The molecular formula is C18H23N3O. The zero-order chi connectivity index (χ0) is 14.9. The first kappa shape index (κ1) is 13.8. The highest BCUT2D eigenvalue weighted by Crippen LogP contribution is 2.30. The summed E-state index contributed by atoms with van der Waals surface area (Å²) in [6.07, 6.45) is 6.72. The van der Waals surface area contributed by atoms with Gasteiger partial charge in [0.05, 0.1) is 12.8 Å². The monoisotopic (exact) mass is 297 g/mol. The molecule has 0 saturated heterocycles. The summed E-state index contributed by atoms with van der Waals surface area (Å²) >= 11 is 0. The highest BCUT2D eigenvalue weighted by atomic mass is 16.5. The smallest absolute Gasteiger partial charge is 0.122 e. The standard InChI is InChI=1S/C18H23N3O/c1-2-21-17-5-3-4-16(15(17)12-20-21)19-11-13-6-7-18-14(10-13)8-9-22-18/h6-7,10,12,16,19H,2-5,8-9,11H2,1H3. The first-order chi connectivity index (χ1) is 10.8. The van der Waals surface area contributed by atoms with E-state index in [0.717, 1.165) is 38.3 Å². The summed E-state index contributed by atoms with van der Waals surface area (Å²) in [5, 5.41) is 8.26. The van der Waals surface area contributed by atoms with Crippen LogP contribution in [0.5, 0.6) is 5.75 Å². The fourth-order valence-corrected chi connectivity index (χ4v) is 3.69. The third-order valence-electron chi connectivity index (χ3n) is 4.87. The molecular weight excluding hydrogens is 274 g/mol. The van der Waals surface area contributed by atoms with E-state index in [-0.39, 0.29) is 0 Å². The molecule has 2 heterocycles. The van der Waals surface area contributed by atoms with Crippen molar-refractivity contribution in [2.75, 3.05) is 6.61 Å². The SMILES string of the molecule is CCn1ncc2c1CCCC2NCc1ccc2c(c1)CCO2. The second kappa shape index (κ2) is 5.76. The Morgan fingerprint density at radius 2 is 2.32 bits per heavy atom. The Balaban J connectivity index is 1.47. The first-order valence-electron chi connectivity index (χ1n) is 8.37. The molecule has 2 aliphatic rings. The Hall–Kier alpha value is -1.81. The molecule has 1 aliphatic carbocycles. The number of hydrogen-bond acceptors (Lipinski definition) is 3. The van der Waals surface area contributed by atoms with Gasteiger partial charge in [0.25, 0.3) is 0 Å². The first-order valence-corrected chi connectivity index (χ1v) is 8.37. The zero-order valence-electron chi connectivity index (χ0n) is 13.1. The zero-order valence-corrected chi connectivity index (χ0v) is 13.1. The second-order valence-electron chi connectivity index (χ2n) is 6.23. The van der Waals surface area contributed by atoms with Crippen LogP contribution in [-0.4, -0.2) is 16.4 Å². The largest absolute Gasteiger partial charge is 0.493 e. The van der Waals surface area contributed by atoms with Crippen molar-refractivity contribution in [3.8, 4) is 5.75 Å². The number of aryl methyl sites for hydroxylation is 1. The number of rotatable bonds is 4. The summed E-state index contributed by atoms with van der Waals surface area (Å²) in [7, 11) is 0. The molecule has 0 radical (unpaired) electrons. The van der Waals surface area contributed by atoms with Gasteiger partial charge in [0, 0.05) is 36.8 Å². The van der Waals surface area contributed by atoms with Crippen LogP contribution in [0.25, 0.3) is 0 Å². The molecule has 1 unspecified atom stereocenters. The molecule has 1 aliphatic heterocycles. The molecule has 4 nitrogen and oxygen atoms in total. The van der Waals surface area contributed by atoms with E-state index in [1.165, 1.54) is 35.2 Å². The van der Waals surface area contributed by atoms with E-state index < -0.39 is 0 Å². The van der Waals surface area contributed by atoms with Crippen LogP contribution in [0, 0.1) is 0 Å². The van der Waals surface area contributed by atoms with E-state index in [2.05, 4.69) is 46.4 Å². The van der Waals surface area contributed by atoms with E-state index in [9.17, 15) is 0 Å². The van der Waals surface area contributed by atoms with Crippen molar-refractivity contribution in [3.05, 3.63) is 46.8 Å². The number of ether oxygens (including phenoxy) is 1. The fraction of sp³-hybridized carbons (Fsp3) is 0.500. The van der Waals surface area contributed by atoms with Gasteiger partial charge in [0.15, 0.2) is 0 Å². The Bertz CT molecular complexity index is 677. The summed E-state index contributed by atoms with van der Waals surface area (Å²) < 4.78 is 7.73. The average Bonchev–Trinajstić information content (AvgIpc) is 3.18. The third kappa shape index (κ3) is 2.41. The minimum atomic E-state index is 0.438. The van der Waals surface area contributed by atoms with Crippen LogP contribution in [0.15, 0.2) is 24.4 Å². The molecule has 1 atom stereocenters. The molecule has 1 aromatic heterocycles. The maximum atomic E-state index is 5.58. The predicted molar refractivity (Wildman–Crippen MR) is 86.1 cm³/mol. The fourth-order valence-electron chi connectivity index (χ4n) is 3.69. The molecule has 1 N–H and O–H groups in total. The Labute approximate surface area is 131 Å². The lowest BCUT2D eigenvalue weighted by molar-refractivity contribution is 0.357. The highest BCUT2D eigenvalue weighted by molar-refractivity contribution is 5.39. The molecule has 0 bridgehead atoms. The van der Waals surface area contributed by atoms with Gasteiger partial charge >= 0.3 is 0 Å². The summed E-state index contributed by atoms with van der Waals surface area (Å²) in [6, 6.07) is 7.01. The van der Waals surface area contributed by atoms with Gasteiger partial charge in [-0.25, -0.2) is 0 Å². The third-order valence-corrected chi connectivity index (χ3v) is 4.87. The summed E-state index contributed by atoms with van der Waals surface area (Å²) in [6.45, 7) is 4.87. The van der Waals surface area contributed by atoms with Crippen LogP contribution < -0.4 is 10.1 Å². The lowest BCUT2D eigenvalue weighted by Gasteiger charge is -2.24. The minimum absolute atomic E-state index is 0.438. The summed E-state index contributed by atoms with van der Waals surface area (Å²) in [4.78, 5) is 0. The molecule has 0 saturated carbocycles. The maximum absolute atomic E-state index is 5.58. The second-order valence-corrected chi connectivity index (χ2v) is 6.23. The average molecular weight is 297 g/mol. The van der Waals surface area contributed by atoms with E-state index in [1.54, 1.807) is 0 Å². The number of fused-ring (bicyclic) bond motifs is 2. The van der Waals surface area contributed by atoms with Crippen LogP contribution in [0.2, 0.25) is 0 Å². The van der Waals surface area contributed by atoms with Gasteiger partial charge in [-0.2, -0.15) is 5.10 Å². The Morgan fingerprint density at radius 1 is 1.36 bits per heavy atom. The lowest BCUT2D eigenvalue weighted by atomic mass is 9.92. The van der Waals surface area contributed by atoms with Crippen LogP contribution in [0.1, 0.15) is 48.2 Å². The molecule has 4 rings (SSSR count). The molecule has 0 amide bonds. The number of nitrogens with zero attached hydrogens (tertiary/aromatic N) is 2. The van der Waals surface area contributed by atoms with Crippen LogP contribution in [0.3, 0.4) is 0 Å². The number of benzene rings is 1. The van der Waals surface area contributed by atoms with Gasteiger partial charge in [-0.1, -0.05) is 12.1 Å². The van der Waals surface area contributed by atoms with Crippen molar-refractivity contribution in [2.45, 2.75) is 51.7 Å². The summed E-state index contributed by atoms with van der Waals surface area (Å²) in [5.41, 5.74) is 5.52. The molecule has 0 fully saturated rings. The minimum Gasteiger partial charge on any atom is -0.493 e. The van der Waals surface area contributed by atoms with E-state index >= 15 is 0 Å². The van der Waals surface area contributed by atoms with Gasteiger partial charge < -0.3 is 10.1 Å². The number of hydrogen-bond donors (Lipinski definition) is 1. The Morgan fingerprint density at radius 3 is 3.23 bits per heavy atom. The predicted octanol–water partition coefficient (Wildman–Crippen LogP) is 3.01. The Kier molecular flexibility index (Phi) is 3.62. The van der Waals surface area contributed by atoms with Crippen molar-refractivity contribution in [1.82, 2.24) is 15.1 Å². The van der Waals surface area contributed by atoms with Crippen molar-refractivity contribution in [1.29, 1.82) is 0 Å². The van der Waals surface area contributed by atoms with E-state index in [4.69, 9.17) is 4.74 Å². The molecule has 1 aromatic carbocycles. The number of aromatic nitrogens is 2. The van der Waals surface area contributed by atoms with Crippen molar-refractivity contribution >= 4 is 0 Å². The molecule has 22 heavy (non-hydrogen) atoms. The summed E-state index contributed by atoms with van der Waals surface area (Å²) in [5.74, 6) is 1.06. The van der Waals surface area contributed by atoms with E-state index in [1.807, 2.05) is 0 Å². The topological polar surface area (TPSA) is 39.1 Å². The maximum Gasteiger partial charge on any atom is 0.122 e. The van der Waals surface area contributed by atoms with Crippen molar-refractivity contribution in [2.24, 2.45) is 0 Å². The van der Waals surface area contributed by atoms with Gasteiger partial charge in [0.1, 0.15) is 5.75 Å². The molecule has 0 spiro atoms. The van der Waals surface area contributed by atoms with Crippen molar-refractivity contribution < 1.29 is 4.74 Å². The van der Waals surface area contributed by atoms with Gasteiger partial charge in [-0.3, -0.25) is 4.68 Å². The quantitative estimate of drug-likeness (QED) is 0.943. The normalized spacial score (nSPS) is 19.6. The highest BCUT2D eigenvalue weighted by Gasteiger charge is 2.23. The van der Waals surface area contributed by atoms with Gasteiger partial charge in [-0.05, 0) is 43.4 Å². The van der Waals surface area contributed by atoms with Crippen LogP contribution in [0.4, 0.5) is 0 Å². The van der Waals surface area contributed by atoms with Crippen LogP contribution >= 0.6 is 0 Å². The lowest BCUT2D eigenvalue weighted by Crippen LogP contribution is -2.25. The van der Waals surface area contributed by atoms with Gasteiger partial charge in [0.2, 0.25) is 0 Å². The van der Waals surface area contributed by atoms with Crippen LogP contribution in [-0.2, 0) is 25.9 Å². The molecule has 2 aromatic rings. The van der Waals surface area contributed by atoms with Crippen molar-refractivity contribution in [3.63, 3.8) is 0 Å².